The van der Waals surface area contributed by atoms with Crippen LogP contribution in [-0.2, 0) is 14.3 Å². The van der Waals surface area contributed by atoms with E-state index < -0.39 is 5.97 Å². The third-order valence-corrected chi connectivity index (χ3v) is 2.21. The summed E-state index contributed by atoms with van der Waals surface area (Å²) in [5.74, 6) is -0.864. The number of Topliss-reactive ketones (excluding diaryl/α,β-unsaturated/α-hetero) is 1. The number of ketones is 1. The molecule has 1 fully saturated rings. The molecule has 0 atom stereocenters. The van der Waals surface area contributed by atoms with Crippen LogP contribution in [0, 0.1) is 5.92 Å². The second-order valence-electron chi connectivity index (χ2n) is 3.37. The van der Waals surface area contributed by atoms with Crippen molar-refractivity contribution in [3.63, 3.8) is 0 Å². The Bertz CT molecular complexity index is 194. The van der Waals surface area contributed by atoms with Gasteiger partial charge in [0, 0.05) is 19.6 Å². The van der Waals surface area contributed by atoms with Gasteiger partial charge in [-0.15, -0.1) is 0 Å². The molecule has 4 nitrogen and oxygen atoms in total. The summed E-state index contributed by atoms with van der Waals surface area (Å²) in [6.45, 7) is 1.40. The smallest absolute Gasteiger partial charge is 0.310 e. The standard InChI is InChI=1S/C9H14O4/c10-8(6-9(11)12)5-7-1-3-13-4-2-7/h7H,1-6H2,(H,11,12). The molecule has 4 heteroatoms. The van der Waals surface area contributed by atoms with Crippen LogP contribution in [0.2, 0.25) is 0 Å². The van der Waals surface area contributed by atoms with Gasteiger partial charge in [-0.2, -0.15) is 0 Å². The number of hydrogen-bond acceptors (Lipinski definition) is 3. The van der Waals surface area contributed by atoms with Gasteiger partial charge in [-0.3, -0.25) is 9.59 Å². The van der Waals surface area contributed by atoms with Gasteiger partial charge in [0.25, 0.3) is 0 Å². The predicted octanol–water partition coefficient (Wildman–Crippen LogP) is 0.847. The quantitative estimate of drug-likeness (QED) is 0.661. The third kappa shape index (κ3) is 4.03. The lowest BCUT2D eigenvalue weighted by molar-refractivity contribution is -0.140. The fraction of sp³-hybridized carbons (Fsp3) is 0.778. The van der Waals surface area contributed by atoms with Crippen molar-refractivity contribution in [2.75, 3.05) is 13.2 Å². The van der Waals surface area contributed by atoms with Crippen molar-refractivity contribution in [3.8, 4) is 0 Å². The van der Waals surface area contributed by atoms with Crippen LogP contribution in [0.4, 0.5) is 0 Å². The molecule has 1 heterocycles. The molecule has 0 aliphatic carbocycles. The Labute approximate surface area is 76.9 Å². The van der Waals surface area contributed by atoms with Crippen molar-refractivity contribution >= 4 is 11.8 Å². The maximum absolute atomic E-state index is 11.1. The first kappa shape index (κ1) is 10.2. The first-order chi connectivity index (χ1) is 6.18. The van der Waals surface area contributed by atoms with Gasteiger partial charge < -0.3 is 9.84 Å². The van der Waals surface area contributed by atoms with Crippen LogP contribution in [0.3, 0.4) is 0 Å². The zero-order valence-corrected chi connectivity index (χ0v) is 7.49. The van der Waals surface area contributed by atoms with Crippen LogP contribution in [-0.4, -0.2) is 30.1 Å². The maximum Gasteiger partial charge on any atom is 0.310 e. The molecule has 0 aromatic carbocycles. The minimum absolute atomic E-state index is 0.167. The normalized spacial score (nSPS) is 18.5. The first-order valence-corrected chi connectivity index (χ1v) is 4.49. The van der Waals surface area contributed by atoms with E-state index in [-0.39, 0.29) is 12.2 Å². The Balaban J connectivity index is 2.22. The Kier molecular flexibility index (Phi) is 3.89. The summed E-state index contributed by atoms with van der Waals surface area (Å²) < 4.78 is 5.13. The number of rotatable bonds is 4. The van der Waals surface area contributed by atoms with Crippen molar-refractivity contribution in [2.45, 2.75) is 25.7 Å². The van der Waals surface area contributed by atoms with Gasteiger partial charge in [0.1, 0.15) is 12.2 Å². The van der Waals surface area contributed by atoms with Gasteiger partial charge in [0.05, 0.1) is 0 Å². The molecule has 0 radical (unpaired) electrons. The highest BCUT2D eigenvalue weighted by Gasteiger charge is 2.18. The number of carbonyl (C=O) groups excluding carboxylic acids is 1. The van der Waals surface area contributed by atoms with E-state index in [0.717, 1.165) is 12.8 Å². The Morgan fingerprint density at radius 1 is 1.31 bits per heavy atom. The summed E-state index contributed by atoms with van der Waals surface area (Å²) in [5, 5.41) is 8.37. The molecule has 1 saturated heterocycles. The van der Waals surface area contributed by atoms with Crippen molar-refractivity contribution in [1.82, 2.24) is 0 Å². The lowest BCUT2D eigenvalue weighted by Crippen LogP contribution is -2.19. The Morgan fingerprint density at radius 2 is 1.92 bits per heavy atom. The summed E-state index contributed by atoms with van der Waals surface area (Å²) in [5.41, 5.74) is 0. The molecule has 13 heavy (non-hydrogen) atoms. The number of carboxylic acids is 1. The molecule has 0 unspecified atom stereocenters. The van der Waals surface area contributed by atoms with Gasteiger partial charge in [0.2, 0.25) is 0 Å². The fourth-order valence-corrected chi connectivity index (χ4v) is 1.51. The molecule has 0 spiro atoms. The monoisotopic (exact) mass is 186 g/mol. The van der Waals surface area contributed by atoms with Crippen LogP contribution >= 0.6 is 0 Å². The second kappa shape index (κ2) is 4.97. The molecule has 1 N–H and O–H groups in total. The zero-order valence-electron chi connectivity index (χ0n) is 7.49. The average Bonchev–Trinajstić information content (AvgIpc) is 2.04. The topological polar surface area (TPSA) is 63.6 Å². The molecule has 0 saturated carbocycles. The SMILES string of the molecule is O=C(O)CC(=O)CC1CCOCC1. The van der Waals surface area contributed by atoms with Crippen LogP contribution in [0.1, 0.15) is 25.7 Å². The fourth-order valence-electron chi connectivity index (χ4n) is 1.51. The molecular formula is C9H14O4. The highest BCUT2D eigenvalue weighted by atomic mass is 16.5. The van der Waals surface area contributed by atoms with Crippen molar-refractivity contribution in [1.29, 1.82) is 0 Å². The van der Waals surface area contributed by atoms with Gasteiger partial charge in [-0.05, 0) is 18.8 Å². The summed E-state index contributed by atoms with van der Waals surface area (Å²) in [6.07, 6.45) is 1.82. The van der Waals surface area contributed by atoms with E-state index in [9.17, 15) is 9.59 Å². The van der Waals surface area contributed by atoms with E-state index in [1.165, 1.54) is 0 Å². The van der Waals surface area contributed by atoms with Crippen LogP contribution in [0.5, 0.6) is 0 Å². The van der Waals surface area contributed by atoms with Gasteiger partial charge >= 0.3 is 5.97 Å². The van der Waals surface area contributed by atoms with Crippen molar-refractivity contribution in [2.24, 2.45) is 5.92 Å². The van der Waals surface area contributed by atoms with Crippen molar-refractivity contribution < 1.29 is 19.4 Å². The number of hydrogen-bond donors (Lipinski definition) is 1. The minimum Gasteiger partial charge on any atom is -0.481 e. The van der Waals surface area contributed by atoms with Gasteiger partial charge in [-0.25, -0.2) is 0 Å². The lowest BCUT2D eigenvalue weighted by atomic mass is 9.93. The highest BCUT2D eigenvalue weighted by Crippen LogP contribution is 2.19. The van der Waals surface area contributed by atoms with E-state index in [0.29, 0.717) is 25.6 Å². The van der Waals surface area contributed by atoms with Crippen LogP contribution in [0.25, 0.3) is 0 Å². The van der Waals surface area contributed by atoms with E-state index >= 15 is 0 Å². The van der Waals surface area contributed by atoms with Gasteiger partial charge in [0.15, 0.2) is 0 Å². The Morgan fingerprint density at radius 3 is 2.46 bits per heavy atom. The second-order valence-corrected chi connectivity index (χ2v) is 3.37. The summed E-state index contributed by atoms with van der Waals surface area (Å²) in [4.78, 5) is 21.3. The summed E-state index contributed by atoms with van der Waals surface area (Å²) in [7, 11) is 0. The Hall–Kier alpha value is -0.900. The lowest BCUT2D eigenvalue weighted by Gasteiger charge is -2.20. The number of ether oxygens (including phenoxy) is 1. The van der Waals surface area contributed by atoms with Crippen LogP contribution in [0.15, 0.2) is 0 Å². The largest absolute Gasteiger partial charge is 0.481 e. The molecular weight excluding hydrogens is 172 g/mol. The first-order valence-electron chi connectivity index (χ1n) is 4.49. The van der Waals surface area contributed by atoms with Crippen LogP contribution < -0.4 is 0 Å². The zero-order chi connectivity index (χ0) is 9.68. The maximum atomic E-state index is 11.1. The molecule has 0 amide bonds. The minimum atomic E-state index is -1.03. The van der Waals surface area contributed by atoms with Gasteiger partial charge in [-0.1, -0.05) is 0 Å². The average molecular weight is 186 g/mol. The molecule has 0 bridgehead atoms. The van der Waals surface area contributed by atoms with Crippen molar-refractivity contribution in [3.05, 3.63) is 0 Å². The number of aliphatic carboxylic acids is 1. The summed E-state index contributed by atoms with van der Waals surface area (Å²) >= 11 is 0. The van der Waals surface area contributed by atoms with E-state index in [4.69, 9.17) is 9.84 Å². The van der Waals surface area contributed by atoms with E-state index in [1.807, 2.05) is 0 Å². The molecule has 74 valence electrons. The molecule has 1 rings (SSSR count). The summed E-state index contributed by atoms with van der Waals surface area (Å²) in [6, 6.07) is 0. The van der Waals surface area contributed by atoms with E-state index in [1.54, 1.807) is 0 Å². The predicted molar refractivity (Wildman–Crippen MR) is 45.4 cm³/mol. The number of carbonyl (C=O) groups is 2. The molecule has 0 aromatic rings. The molecule has 1 aliphatic rings. The molecule has 1 aliphatic heterocycles. The number of carboxylic acid groups (broad SMARTS) is 1. The van der Waals surface area contributed by atoms with E-state index in [2.05, 4.69) is 0 Å². The molecule has 0 aromatic heterocycles. The highest BCUT2D eigenvalue weighted by molar-refractivity contribution is 5.94. The third-order valence-electron chi connectivity index (χ3n) is 2.21.